The molecule has 6 nitrogen and oxygen atoms in total. The van der Waals surface area contributed by atoms with Crippen LogP contribution in [0.5, 0.6) is 0 Å². The lowest BCUT2D eigenvalue weighted by molar-refractivity contribution is -0.130. The van der Waals surface area contributed by atoms with Gasteiger partial charge in [0.05, 0.1) is 0 Å². The Morgan fingerprint density at radius 3 is 2.47 bits per heavy atom. The Labute approximate surface area is 114 Å². The van der Waals surface area contributed by atoms with E-state index < -0.39 is 5.54 Å². The molecule has 0 radical (unpaired) electrons. The summed E-state index contributed by atoms with van der Waals surface area (Å²) in [5, 5.41) is 6.04. The number of hydrogen-bond donors (Lipinski definition) is 2. The van der Waals surface area contributed by atoms with Gasteiger partial charge in [0, 0.05) is 19.1 Å². The number of carbonyl (C=O) groups excluding carboxylic acids is 2. The second-order valence-electron chi connectivity index (χ2n) is 5.97. The molecule has 19 heavy (non-hydrogen) atoms. The van der Waals surface area contributed by atoms with Crippen molar-refractivity contribution < 1.29 is 9.59 Å². The van der Waals surface area contributed by atoms with Gasteiger partial charge in [0.1, 0.15) is 5.54 Å². The lowest BCUT2D eigenvalue weighted by atomic mass is 10.1. The van der Waals surface area contributed by atoms with Gasteiger partial charge in [0.15, 0.2) is 0 Å². The minimum absolute atomic E-state index is 0.129. The fraction of sp³-hybridized carbons (Fsp3) is 0.846. The zero-order valence-electron chi connectivity index (χ0n) is 12.0. The highest BCUT2D eigenvalue weighted by Gasteiger charge is 2.43. The minimum atomic E-state index is -0.760. The molecule has 0 aromatic heterocycles. The molecule has 2 rings (SSSR count). The highest BCUT2D eigenvalue weighted by atomic mass is 16.2. The molecule has 0 atom stereocenters. The molecule has 2 heterocycles. The van der Waals surface area contributed by atoms with E-state index in [1.165, 1.54) is 4.90 Å². The number of carbonyl (C=O) groups is 2. The van der Waals surface area contributed by atoms with Crippen molar-refractivity contribution in [1.82, 2.24) is 20.4 Å². The van der Waals surface area contributed by atoms with E-state index in [1.54, 1.807) is 13.8 Å². The maximum absolute atomic E-state index is 12.0. The number of hydrogen-bond acceptors (Lipinski definition) is 4. The third kappa shape index (κ3) is 3.06. The van der Waals surface area contributed by atoms with Crippen molar-refractivity contribution in [2.75, 3.05) is 33.2 Å². The van der Waals surface area contributed by atoms with Crippen molar-refractivity contribution in [3.05, 3.63) is 0 Å². The maximum Gasteiger partial charge on any atom is 0.325 e. The summed E-state index contributed by atoms with van der Waals surface area (Å²) in [5.41, 5.74) is -0.760. The number of urea groups is 1. The first kappa shape index (κ1) is 14.3. The molecule has 2 aliphatic heterocycles. The van der Waals surface area contributed by atoms with Gasteiger partial charge in [-0.15, -0.1) is 0 Å². The van der Waals surface area contributed by atoms with Gasteiger partial charge in [-0.1, -0.05) is 0 Å². The summed E-state index contributed by atoms with van der Waals surface area (Å²) in [4.78, 5) is 27.4. The molecule has 0 aliphatic carbocycles. The molecule has 0 aromatic rings. The van der Waals surface area contributed by atoms with Crippen LogP contribution in [0.2, 0.25) is 0 Å². The van der Waals surface area contributed by atoms with Crippen LogP contribution in [0.1, 0.15) is 26.7 Å². The first-order valence-electron chi connectivity index (χ1n) is 6.97. The molecule has 2 N–H and O–H groups in total. The van der Waals surface area contributed by atoms with Crippen LogP contribution in [-0.2, 0) is 4.79 Å². The van der Waals surface area contributed by atoms with Crippen molar-refractivity contribution in [3.8, 4) is 0 Å². The Hall–Kier alpha value is -1.14. The minimum Gasteiger partial charge on any atom is -0.324 e. The predicted molar refractivity (Wildman–Crippen MR) is 72.8 cm³/mol. The van der Waals surface area contributed by atoms with E-state index in [4.69, 9.17) is 0 Å². The summed E-state index contributed by atoms with van der Waals surface area (Å²) in [7, 11) is 2.07. The van der Waals surface area contributed by atoms with Gasteiger partial charge in [0.2, 0.25) is 0 Å². The summed E-state index contributed by atoms with van der Waals surface area (Å²) in [5.74, 6) is -0.129. The first-order valence-corrected chi connectivity index (χ1v) is 6.97. The normalized spacial score (nSPS) is 24.1. The van der Waals surface area contributed by atoms with E-state index in [-0.39, 0.29) is 11.9 Å². The van der Waals surface area contributed by atoms with Crippen molar-refractivity contribution in [3.63, 3.8) is 0 Å². The SMILES string of the molecule is CN(CCN1C(=O)NC(C)(C)C1=O)C1CCNCC1. The molecule has 108 valence electrons. The third-order valence-corrected chi connectivity index (χ3v) is 4.05. The molecule has 0 saturated carbocycles. The van der Waals surface area contributed by atoms with Crippen molar-refractivity contribution >= 4 is 11.9 Å². The van der Waals surface area contributed by atoms with Crippen LogP contribution in [0.15, 0.2) is 0 Å². The van der Waals surface area contributed by atoms with Gasteiger partial charge in [-0.25, -0.2) is 4.79 Å². The van der Waals surface area contributed by atoms with Crippen LogP contribution < -0.4 is 10.6 Å². The zero-order valence-corrected chi connectivity index (χ0v) is 12.0. The molecule has 2 aliphatic rings. The largest absolute Gasteiger partial charge is 0.325 e. The molecule has 2 saturated heterocycles. The lowest BCUT2D eigenvalue weighted by Crippen LogP contribution is -2.45. The van der Waals surface area contributed by atoms with Crippen LogP contribution in [-0.4, -0.2) is 66.5 Å². The lowest BCUT2D eigenvalue weighted by Gasteiger charge is -2.32. The van der Waals surface area contributed by atoms with Crippen LogP contribution in [0.4, 0.5) is 4.79 Å². The Balaban J connectivity index is 1.85. The average Bonchev–Trinajstić information content (AvgIpc) is 2.57. The van der Waals surface area contributed by atoms with Gasteiger partial charge in [-0.3, -0.25) is 9.69 Å². The number of rotatable bonds is 4. The summed E-state index contributed by atoms with van der Waals surface area (Å²) in [6, 6.07) is 0.281. The summed E-state index contributed by atoms with van der Waals surface area (Å²) in [6.07, 6.45) is 2.25. The Morgan fingerprint density at radius 2 is 1.95 bits per heavy atom. The fourth-order valence-corrected chi connectivity index (χ4v) is 2.71. The molecule has 3 amide bonds. The van der Waals surface area contributed by atoms with Gasteiger partial charge < -0.3 is 15.5 Å². The highest BCUT2D eigenvalue weighted by molar-refractivity contribution is 6.06. The predicted octanol–water partition coefficient (Wildman–Crippen LogP) is 0.000600. The quantitative estimate of drug-likeness (QED) is 0.705. The molecule has 0 bridgehead atoms. The number of imide groups is 1. The standard InChI is InChI=1S/C13H24N4O2/c1-13(2)11(18)17(12(19)15-13)9-8-16(3)10-4-6-14-7-5-10/h10,14H,4-9H2,1-3H3,(H,15,19). The van der Waals surface area contributed by atoms with E-state index in [2.05, 4.69) is 22.6 Å². The molecule has 0 unspecified atom stereocenters. The Kier molecular flexibility index (Phi) is 4.10. The molecular weight excluding hydrogens is 244 g/mol. The third-order valence-electron chi connectivity index (χ3n) is 4.05. The number of amides is 3. The maximum atomic E-state index is 12.0. The van der Waals surface area contributed by atoms with Crippen molar-refractivity contribution in [2.45, 2.75) is 38.3 Å². The van der Waals surface area contributed by atoms with E-state index in [0.717, 1.165) is 32.5 Å². The van der Waals surface area contributed by atoms with Crippen LogP contribution in [0.25, 0.3) is 0 Å². The smallest absolute Gasteiger partial charge is 0.324 e. The molecule has 6 heteroatoms. The van der Waals surface area contributed by atoms with E-state index in [9.17, 15) is 9.59 Å². The van der Waals surface area contributed by atoms with Crippen molar-refractivity contribution in [2.24, 2.45) is 0 Å². The van der Waals surface area contributed by atoms with Crippen LogP contribution >= 0.6 is 0 Å². The summed E-state index contributed by atoms with van der Waals surface area (Å²) >= 11 is 0. The van der Waals surface area contributed by atoms with E-state index in [0.29, 0.717) is 12.6 Å². The van der Waals surface area contributed by atoms with E-state index >= 15 is 0 Å². The average molecular weight is 268 g/mol. The second kappa shape index (κ2) is 5.46. The number of piperidine rings is 1. The summed E-state index contributed by atoms with van der Waals surface area (Å²) < 4.78 is 0. The molecule has 2 fully saturated rings. The fourth-order valence-electron chi connectivity index (χ4n) is 2.71. The van der Waals surface area contributed by atoms with Gasteiger partial charge in [-0.2, -0.15) is 0 Å². The Morgan fingerprint density at radius 1 is 1.32 bits per heavy atom. The highest BCUT2D eigenvalue weighted by Crippen LogP contribution is 2.17. The number of nitrogens with one attached hydrogen (secondary N) is 2. The van der Waals surface area contributed by atoms with Gasteiger partial charge >= 0.3 is 6.03 Å². The molecule has 0 aromatic carbocycles. The van der Waals surface area contributed by atoms with Crippen molar-refractivity contribution in [1.29, 1.82) is 0 Å². The second-order valence-corrected chi connectivity index (χ2v) is 5.97. The van der Waals surface area contributed by atoms with Gasteiger partial charge in [0.25, 0.3) is 5.91 Å². The zero-order chi connectivity index (χ0) is 14.0. The molecular formula is C13H24N4O2. The first-order chi connectivity index (χ1) is 8.92. The summed E-state index contributed by atoms with van der Waals surface area (Å²) in [6.45, 7) is 6.78. The van der Waals surface area contributed by atoms with Gasteiger partial charge in [-0.05, 0) is 46.8 Å². The molecule has 0 spiro atoms. The van der Waals surface area contributed by atoms with Crippen LogP contribution in [0.3, 0.4) is 0 Å². The monoisotopic (exact) mass is 268 g/mol. The topological polar surface area (TPSA) is 64.7 Å². The van der Waals surface area contributed by atoms with Crippen LogP contribution in [0, 0.1) is 0 Å². The number of likely N-dealkylation sites (N-methyl/N-ethyl adjacent to an activating group) is 1. The number of nitrogens with zero attached hydrogens (tertiary/aromatic N) is 2. The van der Waals surface area contributed by atoms with E-state index in [1.807, 2.05) is 0 Å². The Bertz CT molecular complexity index is 364.